The maximum Gasteiger partial charge on any atom is 0.325 e. The van der Waals surface area contributed by atoms with Gasteiger partial charge in [0.25, 0.3) is 0 Å². The number of carboxylic acid groups (broad SMARTS) is 1. The Kier molecular flexibility index (Phi) is 5.23. The normalized spacial score (nSPS) is 22.8. The summed E-state index contributed by atoms with van der Waals surface area (Å²) in [5, 5.41) is 11.3. The number of nitrogens with zero attached hydrogens (tertiary/aromatic N) is 2. The van der Waals surface area contributed by atoms with Gasteiger partial charge in [-0.2, -0.15) is 0 Å². The molecule has 114 valence electrons. The number of carbonyl (C=O) groups is 2. The molecule has 0 bridgehead atoms. The number of hydrogen-bond donors (Lipinski definition) is 2. The molecule has 0 aromatic rings. The van der Waals surface area contributed by atoms with Crippen molar-refractivity contribution in [2.75, 3.05) is 32.7 Å². The van der Waals surface area contributed by atoms with Gasteiger partial charge in [-0.05, 0) is 51.6 Å². The fourth-order valence-corrected chi connectivity index (χ4v) is 2.99. The van der Waals surface area contributed by atoms with Gasteiger partial charge < -0.3 is 20.2 Å². The van der Waals surface area contributed by atoms with E-state index >= 15 is 0 Å². The van der Waals surface area contributed by atoms with E-state index in [9.17, 15) is 9.59 Å². The molecule has 2 aliphatic heterocycles. The first-order valence-corrected chi connectivity index (χ1v) is 7.57. The van der Waals surface area contributed by atoms with Gasteiger partial charge in [-0.15, -0.1) is 0 Å². The minimum atomic E-state index is -0.998. The number of aliphatic carboxylic acids is 1. The third-order valence-corrected chi connectivity index (χ3v) is 4.33. The van der Waals surface area contributed by atoms with Crippen LogP contribution in [0.5, 0.6) is 0 Å². The van der Waals surface area contributed by atoms with E-state index < -0.39 is 12.0 Å². The number of urea groups is 1. The number of carboxylic acids is 1. The standard InChI is InChI=1S/C14H25N3O3/c1-11(13(18)19)15-14(20)17-8-4-12(5-9-17)10-16-6-2-3-7-16/h11-12H,2-10H2,1H3,(H,15,20)(H,18,19)/t11-/m0/s1. The summed E-state index contributed by atoms with van der Waals surface area (Å²) < 4.78 is 0. The number of amides is 2. The van der Waals surface area contributed by atoms with Gasteiger partial charge in [0.15, 0.2) is 0 Å². The second-order valence-electron chi connectivity index (χ2n) is 5.95. The summed E-state index contributed by atoms with van der Waals surface area (Å²) in [4.78, 5) is 26.9. The highest BCUT2D eigenvalue weighted by Gasteiger charge is 2.26. The van der Waals surface area contributed by atoms with Crippen molar-refractivity contribution in [1.82, 2.24) is 15.1 Å². The van der Waals surface area contributed by atoms with Crippen LogP contribution < -0.4 is 5.32 Å². The van der Waals surface area contributed by atoms with Crippen LogP contribution in [0.4, 0.5) is 4.79 Å². The average Bonchev–Trinajstić information content (AvgIpc) is 2.92. The van der Waals surface area contributed by atoms with E-state index in [0.717, 1.165) is 32.5 Å². The summed E-state index contributed by atoms with van der Waals surface area (Å²) in [6.45, 7) is 6.54. The zero-order chi connectivity index (χ0) is 14.5. The molecule has 0 aliphatic carbocycles. The number of nitrogens with one attached hydrogen (secondary N) is 1. The molecule has 6 nitrogen and oxygen atoms in total. The molecule has 0 unspecified atom stereocenters. The zero-order valence-corrected chi connectivity index (χ0v) is 12.2. The first kappa shape index (κ1) is 15.1. The van der Waals surface area contributed by atoms with Gasteiger partial charge in [-0.25, -0.2) is 4.79 Å². The van der Waals surface area contributed by atoms with Crippen LogP contribution in [0.2, 0.25) is 0 Å². The van der Waals surface area contributed by atoms with Crippen LogP contribution in [0.15, 0.2) is 0 Å². The third-order valence-electron chi connectivity index (χ3n) is 4.33. The second-order valence-corrected chi connectivity index (χ2v) is 5.95. The van der Waals surface area contributed by atoms with Crippen LogP contribution in [0, 0.1) is 5.92 Å². The highest BCUT2D eigenvalue weighted by molar-refractivity contribution is 5.82. The van der Waals surface area contributed by atoms with Gasteiger partial charge in [0.1, 0.15) is 6.04 Å². The smallest absolute Gasteiger partial charge is 0.325 e. The molecule has 2 N–H and O–H groups in total. The molecule has 2 rings (SSSR count). The van der Waals surface area contributed by atoms with Gasteiger partial charge >= 0.3 is 12.0 Å². The molecular formula is C14H25N3O3. The Morgan fingerprint density at radius 1 is 1.20 bits per heavy atom. The van der Waals surface area contributed by atoms with Crippen LogP contribution >= 0.6 is 0 Å². The van der Waals surface area contributed by atoms with Crippen molar-refractivity contribution >= 4 is 12.0 Å². The largest absolute Gasteiger partial charge is 0.480 e. The minimum absolute atomic E-state index is 0.250. The second kappa shape index (κ2) is 6.92. The average molecular weight is 283 g/mol. The van der Waals surface area contributed by atoms with Crippen LogP contribution in [-0.2, 0) is 4.79 Å². The summed E-state index contributed by atoms with van der Waals surface area (Å²) in [6.07, 6.45) is 4.67. The highest BCUT2D eigenvalue weighted by atomic mass is 16.4. The van der Waals surface area contributed by atoms with Crippen LogP contribution in [0.1, 0.15) is 32.6 Å². The highest BCUT2D eigenvalue weighted by Crippen LogP contribution is 2.20. The third kappa shape index (κ3) is 4.10. The zero-order valence-electron chi connectivity index (χ0n) is 12.2. The lowest BCUT2D eigenvalue weighted by Gasteiger charge is -2.34. The summed E-state index contributed by atoms with van der Waals surface area (Å²) in [7, 11) is 0. The van der Waals surface area contributed by atoms with Crippen LogP contribution in [0.25, 0.3) is 0 Å². The molecule has 0 saturated carbocycles. The topological polar surface area (TPSA) is 72.9 Å². The molecule has 2 fully saturated rings. The molecule has 6 heteroatoms. The maximum atomic E-state index is 11.9. The summed E-state index contributed by atoms with van der Waals surface area (Å²) in [5.41, 5.74) is 0. The van der Waals surface area contributed by atoms with Gasteiger partial charge in [-0.3, -0.25) is 4.79 Å². The summed E-state index contributed by atoms with van der Waals surface area (Å²) >= 11 is 0. The molecule has 0 spiro atoms. The Morgan fingerprint density at radius 3 is 2.35 bits per heavy atom. The summed E-state index contributed by atoms with van der Waals surface area (Å²) in [6, 6.07) is -1.08. The fraction of sp³-hybridized carbons (Fsp3) is 0.857. The number of hydrogen-bond acceptors (Lipinski definition) is 3. The molecule has 1 atom stereocenters. The number of likely N-dealkylation sites (tertiary alicyclic amines) is 2. The molecule has 2 heterocycles. The SMILES string of the molecule is C[C@H](NC(=O)N1CCC(CN2CCCC2)CC1)C(=O)O. The lowest BCUT2D eigenvalue weighted by atomic mass is 9.96. The van der Waals surface area contributed by atoms with Crippen molar-refractivity contribution in [1.29, 1.82) is 0 Å². The van der Waals surface area contributed by atoms with Crippen LogP contribution in [0.3, 0.4) is 0 Å². The summed E-state index contributed by atoms with van der Waals surface area (Å²) in [5.74, 6) is -0.323. The van der Waals surface area contributed by atoms with E-state index in [4.69, 9.17) is 5.11 Å². The van der Waals surface area contributed by atoms with Crippen molar-refractivity contribution in [3.05, 3.63) is 0 Å². The predicted molar refractivity (Wildman–Crippen MR) is 75.6 cm³/mol. The molecule has 2 aliphatic rings. The Balaban J connectivity index is 1.70. The molecule has 0 aromatic carbocycles. The van der Waals surface area contributed by atoms with Gasteiger partial charge in [-0.1, -0.05) is 0 Å². The lowest BCUT2D eigenvalue weighted by molar-refractivity contribution is -0.138. The van der Waals surface area contributed by atoms with Gasteiger partial charge in [0.2, 0.25) is 0 Å². The molecule has 0 aromatic heterocycles. The van der Waals surface area contributed by atoms with Crippen molar-refractivity contribution in [2.45, 2.75) is 38.6 Å². The Labute approximate surface area is 120 Å². The monoisotopic (exact) mass is 283 g/mol. The first-order chi connectivity index (χ1) is 9.56. The first-order valence-electron chi connectivity index (χ1n) is 7.57. The molecule has 2 amide bonds. The van der Waals surface area contributed by atoms with E-state index in [2.05, 4.69) is 10.2 Å². The minimum Gasteiger partial charge on any atom is -0.480 e. The Bertz CT molecular complexity index is 348. The quantitative estimate of drug-likeness (QED) is 0.806. The van der Waals surface area contributed by atoms with E-state index in [1.165, 1.54) is 32.9 Å². The van der Waals surface area contributed by atoms with Gasteiger partial charge in [0.05, 0.1) is 0 Å². The van der Waals surface area contributed by atoms with E-state index in [1.54, 1.807) is 4.90 Å². The number of carbonyl (C=O) groups excluding carboxylic acids is 1. The fourth-order valence-electron chi connectivity index (χ4n) is 2.99. The molecule has 2 saturated heterocycles. The predicted octanol–water partition coefficient (Wildman–Crippen LogP) is 0.977. The van der Waals surface area contributed by atoms with E-state index in [0.29, 0.717) is 5.92 Å². The van der Waals surface area contributed by atoms with Crippen molar-refractivity contribution in [3.8, 4) is 0 Å². The van der Waals surface area contributed by atoms with Gasteiger partial charge in [0, 0.05) is 19.6 Å². The lowest BCUT2D eigenvalue weighted by Crippen LogP contribution is -2.49. The van der Waals surface area contributed by atoms with E-state index in [1.807, 2.05) is 0 Å². The Morgan fingerprint density at radius 2 is 1.80 bits per heavy atom. The molecular weight excluding hydrogens is 258 g/mol. The maximum absolute atomic E-state index is 11.9. The van der Waals surface area contributed by atoms with Crippen molar-refractivity contribution in [3.63, 3.8) is 0 Å². The van der Waals surface area contributed by atoms with E-state index in [-0.39, 0.29) is 6.03 Å². The van der Waals surface area contributed by atoms with Crippen molar-refractivity contribution < 1.29 is 14.7 Å². The van der Waals surface area contributed by atoms with Crippen molar-refractivity contribution in [2.24, 2.45) is 5.92 Å². The molecule has 0 radical (unpaired) electrons. The number of piperidine rings is 1. The Hall–Kier alpha value is -1.30. The number of rotatable bonds is 4. The molecule has 20 heavy (non-hydrogen) atoms. The van der Waals surface area contributed by atoms with Crippen LogP contribution in [-0.4, -0.2) is 65.7 Å².